The number of carbonyl (C=O) groups excluding carboxylic acids is 1. The maximum atomic E-state index is 11.5. The van der Waals surface area contributed by atoms with Gasteiger partial charge in [-0.2, -0.15) is 0 Å². The molecule has 0 aliphatic heterocycles. The van der Waals surface area contributed by atoms with Gasteiger partial charge in [-0.25, -0.2) is 9.78 Å². The smallest absolute Gasteiger partial charge is 0.357 e. The first-order chi connectivity index (χ1) is 9.19. The summed E-state index contributed by atoms with van der Waals surface area (Å²) in [6.07, 6.45) is 0. The molecule has 1 aromatic heterocycles. The van der Waals surface area contributed by atoms with Crippen LogP contribution in [0.25, 0.3) is 0 Å². The molecule has 0 unspecified atom stereocenters. The molecule has 0 radical (unpaired) electrons. The summed E-state index contributed by atoms with van der Waals surface area (Å²) in [5.41, 5.74) is 1.66. The number of esters is 1. The lowest BCUT2D eigenvalue weighted by molar-refractivity contribution is 0.0520. The van der Waals surface area contributed by atoms with Gasteiger partial charge in [0, 0.05) is 10.3 Å². The number of thiazole rings is 1. The summed E-state index contributed by atoms with van der Waals surface area (Å²) < 4.78 is 4.92. The molecule has 0 saturated heterocycles. The number of hydrogen-bond acceptors (Lipinski definition) is 5. The Morgan fingerprint density at radius 2 is 2.32 bits per heavy atom. The van der Waals surface area contributed by atoms with Crippen molar-refractivity contribution in [3.8, 4) is 0 Å². The lowest BCUT2D eigenvalue weighted by Crippen LogP contribution is -2.04. The first-order valence-corrected chi connectivity index (χ1v) is 7.86. The zero-order valence-electron chi connectivity index (χ0n) is 10.9. The number of thioether (sulfide) groups is 1. The molecule has 1 heterocycles. The van der Waals surface area contributed by atoms with E-state index in [2.05, 4.69) is 30.1 Å². The number of aromatic nitrogens is 1. The van der Waals surface area contributed by atoms with Crippen LogP contribution in [-0.2, 0) is 10.5 Å². The molecule has 0 spiro atoms. The number of rotatable bonds is 5. The van der Waals surface area contributed by atoms with Gasteiger partial charge in [0.2, 0.25) is 0 Å². The van der Waals surface area contributed by atoms with E-state index in [0.717, 1.165) is 10.8 Å². The van der Waals surface area contributed by atoms with Crippen molar-refractivity contribution in [3.63, 3.8) is 0 Å². The largest absolute Gasteiger partial charge is 0.461 e. The van der Waals surface area contributed by atoms with Gasteiger partial charge >= 0.3 is 5.97 Å². The highest BCUT2D eigenvalue weighted by atomic mass is 32.2. The van der Waals surface area contributed by atoms with E-state index in [1.807, 2.05) is 6.07 Å². The molecule has 2 aromatic rings. The van der Waals surface area contributed by atoms with E-state index >= 15 is 0 Å². The second-order valence-electron chi connectivity index (χ2n) is 3.95. The highest BCUT2D eigenvalue weighted by Crippen LogP contribution is 2.25. The van der Waals surface area contributed by atoms with Crippen LogP contribution in [-0.4, -0.2) is 17.6 Å². The van der Waals surface area contributed by atoms with Crippen LogP contribution in [0.4, 0.5) is 0 Å². The van der Waals surface area contributed by atoms with Crippen molar-refractivity contribution in [1.82, 2.24) is 4.98 Å². The molecule has 5 heteroatoms. The number of benzene rings is 1. The van der Waals surface area contributed by atoms with E-state index in [1.165, 1.54) is 21.8 Å². The second-order valence-corrected chi connectivity index (χ2v) is 5.94. The molecule has 0 aliphatic carbocycles. The van der Waals surface area contributed by atoms with Gasteiger partial charge < -0.3 is 4.74 Å². The fraction of sp³-hybridized carbons (Fsp3) is 0.286. The molecule has 1 aromatic carbocycles. The molecule has 0 N–H and O–H groups in total. The van der Waals surface area contributed by atoms with Gasteiger partial charge in [-0.05, 0) is 26.0 Å². The Hall–Kier alpha value is -1.33. The second kappa shape index (κ2) is 6.73. The highest BCUT2D eigenvalue weighted by Gasteiger charge is 2.11. The van der Waals surface area contributed by atoms with Crippen LogP contribution in [0.3, 0.4) is 0 Å². The fourth-order valence-corrected chi connectivity index (χ4v) is 3.32. The van der Waals surface area contributed by atoms with Crippen molar-refractivity contribution in [3.05, 3.63) is 45.9 Å². The molecule has 3 nitrogen and oxygen atoms in total. The van der Waals surface area contributed by atoms with Gasteiger partial charge in [-0.15, -0.1) is 23.1 Å². The molecule has 19 heavy (non-hydrogen) atoms. The lowest BCUT2D eigenvalue weighted by atomic mass is 10.2. The molecule has 0 amide bonds. The van der Waals surface area contributed by atoms with E-state index in [9.17, 15) is 4.79 Å². The predicted octanol–water partition coefficient (Wildman–Crippen LogP) is 3.92. The molecule has 0 bridgehead atoms. The Labute approximate surface area is 121 Å². The van der Waals surface area contributed by atoms with Crippen LogP contribution >= 0.6 is 23.1 Å². The molecule has 100 valence electrons. The average molecular weight is 293 g/mol. The Kier molecular flexibility index (Phi) is 4.99. The number of hydrogen-bond donors (Lipinski definition) is 0. The number of ether oxygens (including phenoxy) is 1. The third-order valence-corrected chi connectivity index (χ3v) is 4.42. The van der Waals surface area contributed by atoms with Crippen LogP contribution in [0.5, 0.6) is 0 Å². The van der Waals surface area contributed by atoms with Crippen molar-refractivity contribution in [1.29, 1.82) is 0 Å². The van der Waals surface area contributed by atoms with Gasteiger partial charge in [0.1, 0.15) is 5.01 Å². The third-order valence-electron chi connectivity index (χ3n) is 2.39. The lowest BCUT2D eigenvalue weighted by Gasteiger charge is -2.00. The first-order valence-electron chi connectivity index (χ1n) is 6.00. The molecule has 0 saturated carbocycles. The summed E-state index contributed by atoms with van der Waals surface area (Å²) in [5, 5.41) is 2.69. The zero-order chi connectivity index (χ0) is 13.7. The summed E-state index contributed by atoms with van der Waals surface area (Å²) in [6, 6.07) is 8.35. The third kappa shape index (κ3) is 4.08. The van der Waals surface area contributed by atoms with Gasteiger partial charge in [0.15, 0.2) is 5.69 Å². The molecule has 2 rings (SSSR count). The number of aryl methyl sites for hydroxylation is 1. The minimum atomic E-state index is -0.342. The Bertz CT molecular complexity index is 566. The summed E-state index contributed by atoms with van der Waals surface area (Å²) in [6.45, 7) is 4.24. The molecule has 0 aliphatic rings. The van der Waals surface area contributed by atoms with Gasteiger partial charge in [-0.1, -0.05) is 17.7 Å². The standard InChI is InChI=1S/C14H15NO2S2/c1-3-17-14(16)12-8-19-13(15-12)9-18-11-6-4-5-10(2)7-11/h4-8H,3,9H2,1-2H3. The Morgan fingerprint density at radius 3 is 3.05 bits per heavy atom. The summed E-state index contributed by atoms with van der Waals surface area (Å²) in [7, 11) is 0. The summed E-state index contributed by atoms with van der Waals surface area (Å²) >= 11 is 3.22. The quantitative estimate of drug-likeness (QED) is 0.618. The van der Waals surface area contributed by atoms with Crippen molar-refractivity contribution in [2.45, 2.75) is 24.5 Å². The van der Waals surface area contributed by atoms with Crippen molar-refractivity contribution in [2.75, 3.05) is 6.61 Å². The monoisotopic (exact) mass is 293 g/mol. The minimum Gasteiger partial charge on any atom is -0.461 e. The van der Waals surface area contributed by atoms with E-state index in [1.54, 1.807) is 24.1 Å². The maximum absolute atomic E-state index is 11.5. The van der Waals surface area contributed by atoms with Gasteiger partial charge in [-0.3, -0.25) is 0 Å². The molecular weight excluding hydrogens is 278 g/mol. The Morgan fingerprint density at radius 1 is 1.47 bits per heavy atom. The van der Waals surface area contributed by atoms with Crippen LogP contribution < -0.4 is 0 Å². The van der Waals surface area contributed by atoms with E-state index in [-0.39, 0.29) is 5.97 Å². The van der Waals surface area contributed by atoms with E-state index in [4.69, 9.17) is 4.74 Å². The molecule has 0 atom stereocenters. The zero-order valence-corrected chi connectivity index (χ0v) is 12.5. The number of carbonyl (C=O) groups is 1. The van der Waals surface area contributed by atoms with Crippen molar-refractivity contribution >= 4 is 29.1 Å². The predicted molar refractivity (Wildman–Crippen MR) is 78.8 cm³/mol. The SMILES string of the molecule is CCOC(=O)c1csc(CSc2cccc(C)c2)n1. The van der Waals surface area contributed by atoms with Crippen LogP contribution in [0, 0.1) is 6.92 Å². The maximum Gasteiger partial charge on any atom is 0.357 e. The Balaban J connectivity index is 1.95. The normalized spacial score (nSPS) is 10.4. The van der Waals surface area contributed by atoms with Crippen LogP contribution in [0.2, 0.25) is 0 Å². The first kappa shape index (κ1) is 14.1. The topological polar surface area (TPSA) is 39.2 Å². The molecular formula is C14H15NO2S2. The van der Waals surface area contributed by atoms with Crippen LogP contribution in [0.15, 0.2) is 34.5 Å². The number of nitrogens with zero attached hydrogens (tertiary/aromatic N) is 1. The average Bonchev–Trinajstić information content (AvgIpc) is 2.86. The highest BCUT2D eigenvalue weighted by molar-refractivity contribution is 7.98. The summed E-state index contributed by atoms with van der Waals surface area (Å²) in [5.74, 6) is 0.429. The van der Waals surface area contributed by atoms with E-state index < -0.39 is 0 Å². The molecule has 0 fully saturated rings. The van der Waals surface area contributed by atoms with E-state index in [0.29, 0.717) is 12.3 Å². The fourth-order valence-electron chi connectivity index (χ4n) is 1.53. The van der Waals surface area contributed by atoms with Crippen molar-refractivity contribution in [2.24, 2.45) is 0 Å². The van der Waals surface area contributed by atoms with Gasteiger partial charge in [0.25, 0.3) is 0 Å². The van der Waals surface area contributed by atoms with Crippen molar-refractivity contribution < 1.29 is 9.53 Å². The van der Waals surface area contributed by atoms with Crippen LogP contribution in [0.1, 0.15) is 28.0 Å². The minimum absolute atomic E-state index is 0.342. The van der Waals surface area contributed by atoms with Gasteiger partial charge in [0.05, 0.1) is 12.4 Å². The summed E-state index contributed by atoms with van der Waals surface area (Å²) in [4.78, 5) is 17.0.